The molecule has 106 valence electrons. The van der Waals surface area contributed by atoms with Gasteiger partial charge in [-0.15, -0.1) is 0 Å². The Morgan fingerprint density at radius 3 is 2.37 bits per heavy atom. The second-order valence-corrected chi connectivity index (χ2v) is 6.27. The van der Waals surface area contributed by atoms with Crippen LogP contribution in [-0.2, 0) is 4.79 Å². The summed E-state index contributed by atoms with van der Waals surface area (Å²) in [6, 6.07) is 2.82. The van der Waals surface area contributed by atoms with Crippen molar-refractivity contribution in [1.82, 2.24) is 9.80 Å². The number of hydrogen-bond donors (Lipinski definition) is 0. The topological polar surface area (TPSA) is 47.3 Å². The van der Waals surface area contributed by atoms with Crippen LogP contribution in [0.4, 0.5) is 0 Å². The summed E-state index contributed by atoms with van der Waals surface area (Å²) in [5, 5.41) is 9.56. The van der Waals surface area contributed by atoms with E-state index in [1.807, 2.05) is 4.90 Å². The smallest absolute Gasteiger partial charge is 0.243 e. The second-order valence-electron chi connectivity index (χ2n) is 6.27. The minimum absolute atomic E-state index is 0.0984. The van der Waals surface area contributed by atoms with Gasteiger partial charge in [0, 0.05) is 19.1 Å². The van der Waals surface area contributed by atoms with Gasteiger partial charge in [-0.25, -0.2) is 0 Å². The molecule has 2 fully saturated rings. The predicted octanol–water partition coefficient (Wildman–Crippen LogP) is 2.01. The first-order valence-electron chi connectivity index (χ1n) is 7.46. The Hall–Kier alpha value is -1.08. The first-order valence-corrected chi connectivity index (χ1v) is 7.46. The van der Waals surface area contributed by atoms with Gasteiger partial charge in [-0.1, -0.05) is 25.7 Å². The summed E-state index contributed by atoms with van der Waals surface area (Å²) in [6.07, 6.45) is 6.90. The van der Waals surface area contributed by atoms with E-state index in [4.69, 9.17) is 0 Å². The van der Waals surface area contributed by atoms with E-state index in [1.54, 1.807) is 0 Å². The van der Waals surface area contributed by atoms with Crippen LogP contribution in [0.15, 0.2) is 0 Å². The SMILES string of the molecule is CN(C)C1CCN(C(=O)C2(C#N)CCCCCC2)C1. The van der Waals surface area contributed by atoms with E-state index in [1.165, 1.54) is 0 Å². The molecule has 0 bridgehead atoms. The van der Waals surface area contributed by atoms with Crippen molar-refractivity contribution in [3.05, 3.63) is 0 Å². The summed E-state index contributed by atoms with van der Waals surface area (Å²) < 4.78 is 0. The lowest BCUT2D eigenvalue weighted by molar-refractivity contribution is -0.138. The third-order valence-corrected chi connectivity index (χ3v) is 4.76. The summed E-state index contributed by atoms with van der Waals surface area (Å²) in [7, 11) is 4.12. The van der Waals surface area contributed by atoms with Crippen LogP contribution in [0.1, 0.15) is 44.9 Å². The molecule has 4 heteroatoms. The largest absolute Gasteiger partial charge is 0.340 e. The summed E-state index contributed by atoms with van der Waals surface area (Å²) in [4.78, 5) is 16.9. The molecule has 2 aliphatic rings. The molecule has 1 aliphatic carbocycles. The Morgan fingerprint density at radius 1 is 1.26 bits per heavy atom. The van der Waals surface area contributed by atoms with Gasteiger partial charge in [0.05, 0.1) is 6.07 Å². The van der Waals surface area contributed by atoms with Crippen molar-refractivity contribution in [2.75, 3.05) is 27.2 Å². The molecule has 4 nitrogen and oxygen atoms in total. The van der Waals surface area contributed by atoms with Gasteiger partial charge in [0.25, 0.3) is 0 Å². The van der Waals surface area contributed by atoms with Crippen LogP contribution in [0.25, 0.3) is 0 Å². The number of carbonyl (C=O) groups is 1. The molecule has 0 aromatic rings. The van der Waals surface area contributed by atoms with Crippen molar-refractivity contribution in [2.45, 2.75) is 51.0 Å². The van der Waals surface area contributed by atoms with Gasteiger partial charge < -0.3 is 9.80 Å². The quantitative estimate of drug-likeness (QED) is 0.716. The van der Waals surface area contributed by atoms with Gasteiger partial charge >= 0.3 is 0 Å². The van der Waals surface area contributed by atoms with Gasteiger partial charge in [-0.2, -0.15) is 5.26 Å². The molecule has 0 spiro atoms. The molecule has 1 aliphatic heterocycles. The number of carbonyl (C=O) groups excluding carboxylic acids is 1. The Morgan fingerprint density at radius 2 is 1.89 bits per heavy atom. The number of amides is 1. The molecule has 0 radical (unpaired) electrons. The Labute approximate surface area is 116 Å². The van der Waals surface area contributed by atoms with E-state index in [0.717, 1.165) is 58.0 Å². The first kappa shape index (κ1) is 14.3. The van der Waals surface area contributed by atoms with E-state index in [-0.39, 0.29) is 5.91 Å². The molecule has 1 saturated heterocycles. The van der Waals surface area contributed by atoms with Gasteiger partial charge in [0.15, 0.2) is 0 Å². The maximum absolute atomic E-state index is 12.8. The maximum atomic E-state index is 12.8. The Kier molecular flexibility index (Phi) is 4.46. The van der Waals surface area contributed by atoms with Crippen LogP contribution in [-0.4, -0.2) is 48.9 Å². The van der Waals surface area contributed by atoms with Gasteiger partial charge in [-0.3, -0.25) is 4.79 Å². The van der Waals surface area contributed by atoms with Crippen molar-refractivity contribution in [3.8, 4) is 6.07 Å². The summed E-state index contributed by atoms with van der Waals surface area (Å²) >= 11 is 0. The minimum Gasteiger partial charge on any atom is -0.340 e. The highest BCUT2D eigenvalue weighted by molar-refractivity contribution is 5.85. The molecule has 2 rings (SSSR count). The summed E-state index contributed by atoms with van der Waals surface area (Å²) in [6.45, 7) is 1.60. The number of likely N-dealkylation sites (N-methyl/N-ethyl adjacent to an activating group) is 1. The van der Waals surface area contributed by atoms with Crippen LogP contribution < -0.4 is 0 Å². The number of likely N-dealkylation sites (tertiary alicyclic amines) is 1. The average Bonchev–Trinajstić information content (AvgIpc) is 2.77. The van der Waals surface area contributed by atoms with Crippen molar-refractivity contribution in [3.63, 3.8) is 0 Å². The van der Waals surface area contributed by atoms with E-state index in [0.29, 0.717) is 6.04 Å². The fourth-order valence-corrected chi connectivity index (χ4v) is 3.36. The predicted molar refractivity (Wildman–Crippen MR) is 74.4 cm³/mol. The van der Waals surface area contributed by atoms with Crippen LogP contribution in [0, 0.1) is 16.7 Å². The summed E-state index contributed by atoms with van der Waals surface area (Å²) in [5.41, 5.74) is -0.725. The lowest BCUT2D eigenvalue weighted by Crippen LogP contribution is -2.43. The molecule has 1 heterocycles. The van der Waals surface area contributed by atoms with Crippen molar-refractivity contribution in [2.24, 2.45) is 5.41 Å². The second kappa shape index (κ2) is 5.92. The van der Waals surface area contributed by atoms with Gasteiger partial charge in [0.2, 0.25) is 5.91 Å². The minimum atomic E-state index is -0.725. The van der Waals surface area contributed by atoms with E-state index in [9.17, 15) is 10.1 Å². The molecular formula is C15H25N3O. The average molecular weight is 263 g/mol. The summed E-state index contributed by atoms with van der Waals surface area (Å²) in [5.74, 6) is 0.0984. The molecule has 1 unspecified atom stereocenters. The first-order chi connectivity index (χ1) is 9.09. The van der Waals surface area contributed by atoms with Crippen LogP contribution >= 0.6 is 0 Å². The van der Waals surface area contributed by atoms with Gasteiger partial charge in [-0.05, 0) is 33.4 Å². The third-order valence-electron chi connectivity index (χ3n) is 4.76. The normalized spacial score (nSPS) is 27.1. The lowest BCUT2D eigenvalue weighted by atomic mass is 9.80. The molecule has 19 heavy (non-hydrogen) atoms. The van der Waals surface area contributed by atoms with Crippen molar-refractivity contribution < 1.29 is 4.79 Å². The molecule has 1 atom stereocenters. The highest BCUT2D eigenvalue weighted by Gasteiger charge is 2.43. The number of nitrogens with zero attached hydrogens (tertiary/aromatic N) is 3. The lowest BCUT2D eigenvalue weighted by Gasteiger charge is -2.29. The zero-order valence-electron chi connectivity index (χ0n) is 12.2. The molecule has 0 aromatic carbocycles. The molecule has 0 aromatic heterocycles. The molecular weight excluding hydrogens is 238 g/mol. The number of nitriles is 1. The van der Waals surface area contributed by atoms with Crippen LogP contribution in [0.3, 0.4) is 0 Å². The van der Waals surface area contributed by atoms with Crippen LogP contribution in [0.5, 0.6) is 0 Å². The molecule has 0 N–H and O–H groups in total. The third kappa shape index (κ3) is 2.92. The zero-order valence-corrected chi connectivity index (χ0v) is 12.2. The molecule has 1 amide bonds. The van der Waals surface area contributed by atoms with E-state index >= 15 is 0 Å². The number of hydrogen-bond acceptors (Lipinski definition) is 3. The molecule has 1 saturated carbocycles. The fraction of sp³-hybridized carbons (Fsp3) is 0.867. The van der Waals surface area contributed by atoms with Crippen molar-refractivity contribution in [1.29, 1.82) is 5.26 Å². The van der Waals surface area contributed by atoms with E-state index < -0.39 is 5.41 Å². The highest BCUT2D eigenvalue weighted by Crippen LogP contribution is 2.37. The zero-order chi connectivity index (χ0) is 13.9. The fourth-order valence-electron chi connectivity index (χ4n) is 3.36. The highest BCUT2D eigenvalue weighted by atomic mass is 16.2. The van der Waals surface area contributed by atoms with Crippen molar-refractivity contribution >= 4 is 5.91 Å². The van der Waals surface area contributed by atoms with Crippen LogP contribution in [0.2, 0.25) is 0 Å². The number of rotatable bonds is 2. The maximum Gasteiger partial charge on any atom is 0.243 e. The standard InChI is InChI=1S/C15H25N3O/c1-17(2)13-7-10-18(11-13)14(19)15(12-16)8-5-3-4-6-9-15/h13H,3-11H2,1-2H3. The Balaban J connectivity index is 2.07. The van der Waals surface area contributed by atoms with E-state index in [2.05, 4.69) is 25.1 Å². The Bertz CT molecular complexity index is 364. The van der Waals surface area contributed by atoms with Gasteiger partial charge in [0.1, 0.15) is 5.41 Å². The monoisotopic (exact) mass is 263 g/mol.